The third-order valence-corrected chi connectivity index (χ3v) is 4.59. The van der Waals surface area contributed by atoms with Gasteiger partial charge in [-0.25, -0.2) is 13.1 Å². The van der Waals surface area contributed by atoms with E-state index < -0.39 is 10.0 Å². The van der Waals surface area contributed by atoms with Crippen LogP contribution in [0.4, 0.5) is 0 Å². The number of hydrogen-bond donors (Lipinski definition) is 1. The van der Waals surface area contributed by atoms with E-state index in [4.69, 9.17) is 0 Å². The molecule has 1 fully saturated rings. The molecule has 1 N–H and O–H groups in total. The zero-order valence-corrected chi connectivity index (χ0v) is 11.7. The highest BCUT2D eigenvalue weighted by Gasteiger charge is 2.27. The monoisotopic (exact) mass is 282 g/mol. The van der Waals surface area contributed by atoms with Crippen molar-refractivity contribution in [3.8, 4) is 0 Å². The fourth-order valence-electron chi connectivity index (χ4n) is 2.23. The highest BCUT2D eigenvalue weighted by Crippen LogP contribution is 2.12. The highest BCUT2D eigenvalue weighted by atomic mass is 32.2. The zero-order valence-electron chi connectivity index (χ0n) is 10.9. The summed E-state index contributed by atoms with van der Waals surface area (Å²) < 4.78 is 26.7. The number of likely N-dealkylation sites (tertiary alicyclic amines) is 1. The zero-order chi connectivity index (χ0) is 13.9. The predicted molar refractivity (Wildman–Crippen MR) is 72.9 cm³/mol. The van der Waals surface area contributed by atoms with Crippen molar-refractivity contribution >= 4 is 15.9 Å². The Morgan fingerprint density at radius 3 is 2.63 bits per heavy atom. The van der Waals surface area contributed by atoms with E-state index in [0.29, 0.717) is 19.5 Å². The summed E-state index contributed by atoms with van der Waals surface area (Å²) in [7, 11) is -3.36. The average molecular weight is 282 g/mol. The maximum atomic E-state index is 12.0. The van der Waals surface area contributed by atoms with Gasteiger partial charge in [0, 0.05) is 26.1 Å². The first-order valence-corrected chi connectivity index (χ1v) is 7.91. The average Bonchev–Trinajstić information content (AvgIpc) is 2.77. The van der Waals surface area contributed by atoms with Crippen LogP contribution in [0.25, 0.3) is 0 Å². The van der Waals surface area contributed by atoms with Crippen molar-refractivity contribution in [3.63, 3.8) is 0 Å². The van der Waals surface area contributed by atoms with Crippen molar-refractivity contribution in [3.05, 3.63) is 35.9 Å². The summed E-state index contributed by atoms with van der Waals surface area (Å²) in [6.07, 6.45) is 0.674. The fraction of sp³-hybridized carbons (Fsp3) is 0.462. The van der Waals surface area contributed by atoms with Crippen molar-refractivity contribution in [1.82, 2.24) is 9.62 Å². The van der Waals surface area contributed by atoms with Crippen molar-refractivity contribution in [2.24, 2.45) is 0 Å². The van der Waals surface area contributed by atoms with Crippen LogP contribution in [0.1, 0.15) is 18.9 Å². The Morgan fingerprint density at radius 2 is 2.05 bits per heavy atom. The molecule has 1 aliphatic rings. The largest absolute Gasteiger partial charge is 0.341 e. The van der Waals surface area contributed by atoms with Gasteiger partial charge in [-0.3, -0.25) is 4.79 Å². The first-order chi connectivity index (χ1) is 8.96. The lowest BCUT2D eigenvalue weighted by Gasteiger charge is -2.15. The lowest BCUT2D eigenvalue weighted by atomic mass is 10.2. The summed E-state index contributed by atoms with van der Waals surface area (Å²) in [4.78, 5) is 12.9. The molecule has 1 heterocycles. The van der Waals surface area contributed by atoms with Gasteiger partial charge in [0.2, 0.25) is 15.9 Å². The van der Waals surface area contributed by atoms with E-state index in [-0.39, 0.29) is 17.7 Å². The quantitative estimate of drug-likeness (QED) is 0.885. The van der Waals surface area contributed by atoms with Gasteiger partial charge in [-0.1, -0.05) is 30.3 Å². The second-order valence-electron chi connectivity index (χ2n) is 4.81. The molecule has 1 saturated heterocycles. The Balaban J connectivity index is 1.94. The molecule has 0 aromatic heterocycles. The molecule has 0 radical (unpaired) electrons. The van der Waals surface area contributed by atoms with Gasteiger partial charge in [0.25, 0.3) is 0 Å². The van der Waals surface area contributed by atoms with Crippen LogP contribution in [0, 0.1) is 0 Å². The van der Waals surface area contributed by atoms with Crippen LogP contribution in [-0.2, 0) is 20.6 Å². The number of nitrogens with zero attached hydrogens (tertiary/aromatic N) is 1. The van der Waals surface area contributed by atoms with Crippen molar-refractivity contribution in [2.75, 3.05) is 13.1 Å². The van der Waals surface area contributed by atoms with Crippen LogP contribution in [0.3, 0.4) is 0 Å². The van der Waals surface area contributed by atoms with Crippen molar-refractivity contribution in [2.45, 2.75) is 25.1 Å². The third-order valence-electron chi connectivity index (χ3n) is 3.18. The molecule has 0 aliphatic carbocycles. The molecule has 1 aromatic carbocycles. The summed E-state index contributed by atoms with van der Waals surface area (Å²) in [5.74, 6) is -0.0329. The minimum absolute atomic E-state index is 0.00948. The topological polar surface area (TPSA) is 66.5 Å². The van der Waals surface area contributed by atoms with Crippen LogP contribution in [0.5, 0.6) is 0 Å². The van der Waals surface area contributed by atoms with Gasteiger partial charge in [0.15, 0.2) is 0 Å². The molecular formula is C13H18N2O3S. The fourth-order valence-corrected chi connectivity index (χ4v) is 3.65. The summed E-state index contributed by atoms with van der Waals surface area (Å²) in [5, 5.41) is 0. The van der Waals surface area contributed by atoms with Gasteiger partial charge in [0.1, 0.15) is 0 Å². The maximum Gasteiger partial charge on any atom is 0.219 e. The minimum Gasteiger partial charge on any atom is -0.341 e. The van der Waals surface area contributed by atoms with E-state index in [9.17, 15) is 13.2 Å². The van der Waals surface area contributed by atoms with Gasteiger partial charge in [-0.05, 0) is 12.0 Å². The molecule has 19 heavy (non-hydrogen) atoms. The number of sulfonamides is 1. The molecule has 6 heteroatoms. The Bertz CT molecular complexity index is 542. The predicted octanol–water partition coefficient (Wildman–Crippen LogP) is 0.727. The Labute approximate surface area is 113 Å². The van der Waals surface area contributed by atoms with Crippen LogP contribution in [0.2, 0.25) is 0 Å². The number of nitrogens with one attached hydrogen (secondary N) is 1. The van der Waals surface area contributed by atoms with Gasteiger partial charge in [-0.2, -0.15) is 0 Å². The van der Waals surface area contributed by atoms with Gasteiger partial charge < -0.3 is 4.90 Å². The summed E-state index contributed by atoms with van der Waals surface area (Å²) in [6.45, 7) is 2.58. The molecule has 0 spiro atoms. The first kappa shape index (κ1) is 14.0. The van der Waals surface area contributed by atoms with Crippen LogP contribution >= 0.6 is 0 Å². The van der Waals surface area contributed by atoms with Crippen LogP contribution in [-0.4, -0.2) is 38.4 Å². The molecule has 1 aromatic rings. The van der Waals surface area contributed by atoms with E-state index in [1.165, 1.54) is 6.92 Å². The Morgan fingerprint density at radius 1 is 1.37 bits per heavy atom. The number of carbonyl (C=O) groups is 1. The second kappa shape index (κ2) is 5.71. The lowest BCUT2D eigenvalue weighted by molar-refractivity contribution is -0.127. The number of amides is 1. The van der Waals surface area contributed by atoms with Crippen LogP contribution in [0.15, 0.2) is 30.3 Å². The molecule has 1 atom stereocenters. The van der Waals surface area contributed by atoms with E-state index in [1.807, 2.05) is 18.2 Å². The number of hydrogen-bond acceptors (Lipinski definition) is 3. The molecular weight excluding hydrogens is 264 g/mol. The Hall–Kier alpha value is -1.40. The summed E-state index contributed by atoms with van der Waals surface area (Å²) >= 11 is 0. The minimum atomic E-state index is -3.36. The normalized spacial score (nSPS) is 19.6. The second-order valence-corrected chi connectivity index (χ2v) is 6.57. The van der Waals surface area contributed by atoms with Crippen LogP contribution < -0.4 is 4.72 Å². The number of rotatable bonds is 4. The lowest BCUT2D eigenvalue weighted by Crippen LogP contribution is -2.38. The first-order valence-electron chi connectivity index (χ1n) is 6.26. The van der Waals surface area contributed by atoms with E-state index in [0.717, 1.165) is 5.56 Å². The molecule has 104 valence electrons. The van der Waals surface area contributed by atoms with E-state index in [2.05, 4.69) is 4.72 Å². The van der Waals surface area contributed by atoms with E-state index in [1.54, 1.807) is 17.0 Å². The highest BCUT2D eigenvalue weighted by molar-refractivity contribution is 7.88. The molecule has 5 nitrogen and oxygen atoms in total. The maximum absolute atomic E-state index is 12.0. The molecule has 2 rings (SSSR count). The number of carbonyl (C=O) groups excluding carboxylic acids is 1. The third kappa shape index (κ3) is 4.04. The SMILES string of the molecule is CC(=O)N1CCC(NS(=O)(=O)Cc2ccccc2)C1. The standard InChI is InChI=1S/C13H18N2O3S/c1-11(16)15-8-7-13(9-15)14-19(17,18)10-12-5-3-2-4-6-12/h2-6,13-14H,7-10H2,1H3. The summed E-state index contributed by atoms with van der Waals surface area (Å²) in [5.41, 5.74) is 0.761. The van der Waals surface area contributed by atoms with Gasteiger partial charge >= 0.3 is 0 Å². The molecule has 1 amide bonds. The van der Waals surface area contributed by atoms with Gasteiger partial charge in [-0.15, -0.1) is 0 Å². The van der Waals surface area contributed by atoms with Crippen molar-refractivity contribution < 1.29 is 13.2 Å². The molecule has 1 unspecified atom stereocenters. The summed E-state index contributed by atoms with van der Waals surface area (Å²) in [6, 6.07) is 8.89. The molecule has 0 saturated carbocycles. The number of benzene rings is 1. The van der Waals surface area contributed by atoms with Crippen molar-refractivity contribution in [1.29, 1.82) is 0 Å². The smallest absolute Gasteiger partial charge is 0.219 e. The molecule has 1 aliphatic heterocycles. The van der Waals surface area contributed by atoms with E-state index >= 15 is 0 Å². The van der Waals surface area contributed by atoms with Gasteiger partial charge in [0.05, 0.1) is 5.75 Å². The molecule has 0 bridgehead atoms. The Kier molecular flexibility index (Phi) is 4.21.